The quantitative estimate of drug-likeness (QED) is 0.347. The summed E-state index contributed by atoms with van der Waals surface area (Å²) in [4.78, 5) is 25.1. The monoisotopic (exact) mass is 256 g/mol. The van der Waals surface area contributed by atoms with Gasteiger partial charge in [-0.05, 0) is 0 Å². The van der Waals surface area contributed by atoms with Gasteiger partial charge in [-0.25, -0.2) is 4.98 Å². The predicted octanol–water partition coefficient (Wildman–Crippen LogP) is 2.03. The predicted molar refractivity (Wildman–Crippen MR) is 62.8 cm³/mol. The molecule has 7 heteroatoms. The van der Waals surface area contributed by atoms with E-state index in [0.29, 0.717) is 5.03 Å². The van der Waals surface area contributed by atoms with Crippen LogP contribution in [0.2, 0.25) is 0 Å². The largest absolute Gasteiger partial charge is 0.469 e. The van der Waals surface area contributed by atoms with E-state index in [-0.39, 0.29) is 23.3 Å². The lowest BCUT2D eigenvalue weighted by molar-refractivity contribution is -0.385. The summed E-state index contributed by atoms with van der Waals surface area (Å²) in [6, 6.07) is 2.72. The van der Waals surface area contributed by atoms with E-state index in [1.54, 1.807) is 0 Å². The van der Waals surface area contributed by atoms with Gasteiger partial charge in [0, 0.05) is 23.6 Å². The molecule has 0 amide bonds. The van der Waals surface area contributed by atoms with Crippen LogP contribution in [-0.2, 0) is 9.53 Å². The summed E-state index contributed by atoms with van der Waals surface area (Å²) in [5, 5.41) is 11.0. The van der Waals surface area contributed by atoms with Gasteiger partial charge >= 0.3 is 5.97 Å². The zero-order chi connectivity index (χ0) is 12.8. The lowest BCUT2D eigenvalue weighted by Gasteiger charge is -2.08. The van der Waals surface area contributed by atoms with Crippen molar-refractivity contribution in [1.82, 2.24) is 4.98 Å². The first-order chi connectivity index (χ1) is 8.02. The van der Waals surface area contributed by atoms with Gasteiger partial charge < -0.3 is 4.74 Å². The van der Waals surface area contributed by atoms with Gasteiger partial charge in [-0.15, -0.1) is 11.8 Å². The minimum Gasteiger partial charge on any atom is -0.469 e. The molecule has 0 N–H and O–H groups in total. The number of ether oxygens (including phenoxy) is 1. The summed E-state index contributed by atoms with van der Waals surface area (Å²) >= 11 is 1.30. The molecule has 0 spiro atoms. The van der Waals surface area contributed by atoms with Gasteiger partial charge in [0.25, 0.3) is 5.69 Å². The van der Waals surface area contributed by atoms with Crippen molar-refractivity contribution in [3.05, 3.63) is 28.4 Å². The summed E-state index contributed by atoms with van der Waals surface area (Å²) in [5.74, 6) is -0.310. The molecule has 0 aromatic carbocycles. The molecule has 0 saturated heterocycles. The van der Waals surface area contributed by atoms with Crippen LogP contribution in [0.5, 0.6) is 0 Å². The maximum absolute atomic E-state index is 11.0. The number of rotatable bonds is 5. The lowest BCUT2D eigenvalue weighted by atomic mass is 10.3. The molecule has 0 aliphatic carbocycles. The second-order valence-electron chi connectivity index (χ2n) is 3.32. The van der Waals surface area contributed by atoms with Crippen molar-refractivity contribution in [3.63, 3.8) is 0 Å². The maximum atomic E-state index is 11.0. The number of thioether (sulfide) groups is 1. The summed E-state index contributed by atoms with van der Waals surface area (Å²) in [7, 11) is 1.32. The van der Waals surface area contributed by atoms with Crippen molar-refractivity contribution >= 4 is 23.4 Å². The second kappa shape index (κ2) is 6.19. The molecule has 0 saturated carbocycles. The standard InChI is InChI=1S/C10H12N2O4S/c1-7(5-10(13)16-2)17-9-6-8(12(14)15)3-4-11-9/h3-4,6-7H,5H2,1-2H3. The van der Waals surface area contributed by atoms with Crippen LogP contribution in [0.3, 0.4) is 0 Å². The van der Waals surface area contributed by atoms with E-state index < -0.39 is 4.92 Å². The van der Waals surface area contributed by atoms with Crippen LogP contribution < -0.4 is 0 Å². The number of methoxy groups -OCH3 is 1. The Morgan fingerprint density at radius 1 is 1.71 bits per heavy atom. The molecular weight excluding hydrogens is 244 g/mol. The van der Waals surface area contributed by atoms with E-state index in [4.69, 9.17) is 0 Å². The third-order valence-corrected chi connectivity index (χ3v) is 2.97. The average molecular weight is 256 g/mol. The van der Waals surface area contributed by atoms with Crippen molar-refractivity contribution in [1.29, 1.82) is 0 Å². The first-order valence-corrected chi connectivity index (χ1v) is 5.75. The normalized spacial score (nSPS) is 11.9. The average Bonchev–Trinajstić information content (AvgIpc) is 2.28. The molecule has 1 aromatic rings. The fraction of sp³-hybridized carbons (Fsp3) is 0.400. The zero-order valence-electron chi connectivity index (χ0n) is 9.45. The third kappa shape index (κ3) is 4.39. The number of nitrogens with zero attached hydrogens (tertiary/aromatic N) is 2. The molecule has 17 heavy (non-hydrogen) atoms. The molecule has 1 aromatic heterocycles. The Morgan fingerprint density at radius 2 is 2.41 bits per heavy atom. The molecule has 0 aliphatic rings. The molecule has 1 heterocycles. The number of esters is 1. The minimum absolute atomic E-state index is 0.00670. The number of carbonyl (C=O) groups excluding carboxylic acids is 1. The van der Waals surface area contributed by atoms with Crippen molar-refractivity contribution in [2.45, 2.75) is 23.6 Å². The Balaban J connectivity index is 2.65. The fourth-order valence-electron chi connectivity index (χ4n) is 1.14. The summed E-state index contributed by atoms with van der Waals surface area (Å²) in [6.07, 6.45) is 1.62. The summed E-state index contributed by atoms with van der Waals surface area (Å²) in [5.41, 5.74) is -0.00670. The van der Waals surface area contributed by atoms with Crippen LogP contribution >= 0.6 is 11.8 Å². The highest BCUT2D eigenvalue weighted by atomic mass is 32.2. The summed E-state index contributed by atoms with van der Waals surface area (Å²) in [6.45, 7) is 1.84. The first-order valence-electron chi connectivity index (χ1n) is 4.87. The molecule has 1 rings (SSSR count). The van der Waals surface area contributed by atoms with Crippen molar-refractivity contribution in [2.24, 2.45) is 0 Å². The van der Waals surface area contributed by atoms with Gasteiger partial charge in [0.05, 0.1) is 18.5 Å². The minimum atomic E-state index is -0.475. The van der Waals surface area contributed by atoms with E-state index >= 15 is 0 Å². The Hall–Kier alpha value is -1.63. The summed E-state index contributed by atoms with van der Waals surface area (Å²) < 4.78 is 4.54. The maximum Gasteiger partial charge on any atom is 0.306 e. The molecule has 0 aliphatic heterocycles. The topological polar surface area (TPSA) is 82.3 Å². The van der Waals surface area contributed by atoms with Gasteiger partial charge in [-0.2, -0.15) is 0 Å². The zero-order valence-corrected chi connectivity index (χ0v) is 10.3. The second-order valence-corrected chi connectivity index (χ2v) is 4.78. The van der Waals surface area contributed by atoms with Crippen LogP contribution in [-0.4, -0.2) is 28.2 Å². The molecule has 92 valence electrons. The van der Waals surface area contributed by atoms with Gasteiger partial charge in [-0.1, -0.05) is 6.92 Å². The molecule has 1 atom stereocenters. The molecular formula is C10H12N2O4S. The van der Waals surface area contributed by atoms with Crippen LogP contribution in [0.25, 0.3) is 0 Å². The number of carbonyl (C=O) groups is 1. The Kier molecular flexibility index (Phi) is 4.89. The molecule has 1 unspecified atom stereocenters. The van der Waals surface area contributed by atoms with Crippen LogP contribution in [0.4, 0.5) is 5.69 Å². The molecule has 6 nitrogen and oxygen atoms in total. The Morgan fingerprint density at radius 3 is 3.00 bits per heavy atom. The lowest BCUT2D eigenvalue weighted by Crippen LogP contribution is -2.08. The highest BCUT2D eigenvalue weighted by Gasteiger charge is 2.13. The molecule has 0 radical (unpaired) electrons. The van der Waals surface area contributed by atoms with Gasteiger partial charge in [-0.3, -0.25) is 14.9 Å². The number of hydrogen-bond acceptors (Lipinski definition) is 6. The van der Waals surface area contributed by atoms with Gasteiger partial charge in [0.2, 0.25) is 0 Å². The van der Waals surface area contributed by atoms with Crippen LogP contribution in [0.15, 0.2) is 23.4 Å². The number of pyridine rings is 1. The highest BCUT2D eigenvalue weighted by molar-refractivity contribution is 7.99. The number of aromatic nitrogens is 1. The van der Waals surface area contributed by atoms with E-state index in [9.17, 15) is 14.9 Å². The van der Waals surface area contributed by atoms with Crippen molar-refractivity contribution in [3.8, 4) is 0 Å². The number of hydrogen-bond donors (Lipinski definition) is 0. The van der Waals surface area contributed by atoms with Gasteiger partial charge in [0.15, 0.2) is 0 Å². The highest BCUT2D eigenvalue weighted by Crippen LogP contribution is 2.26. The first kappa shape index (κ1) is 13.4. The van der Waals surface area contributed by atoms with E-state index in [1.807, 2.05) is 6.92 Å². The molecule has 0 fully saturated rings. The smallest absolute Gasteiger partial charge is 0.306 e. The van der Waals surface area contributed by atoms with E-state index in [0.717, 1.165) is 0 Å². The van der Waals surface area contributed by atoms with Crippen molar-refractivity contribution in [2.75, 3.05) is 7.11 Å². The van der Waals surface area contributed by atoms with Crippen molar-refractivity contribution < 1.29 is 14.5 Å². The Labute approximate surface area is 103 Å². The fourth-order valence-corrected chi connectivity index (χ4v) is 2.09. The van der Waals surface area contributed by atoms with E-state index in [2.05, 4.69) is 9.72 Å². The van der Waals surface area contributed by atoms with E-state index in [1.165, 1.54) is 37.2 Å². The Bertz CT molecular complexity index is 425. The number of nitro groups is 1. The van der Waals surface area contributed by atoms with Gasteiger partial charge in [0.1, 0.15) is 5.03 Å². The molecule has 0 bridgehead atoms. The third-order valence-electron chi connectivity index (χ3n) is 1.93. The SMILES string of the molecule is COC(=O)CC(C)Sc1cc([N+](=O)[O-])ccn1. The van der Waals surface area contributed by atoms with Crippen LogP contribution in [0, 0.1) is 10.1 Å². The van der Waals surface area contributed by atoms with Crippen LogP contribution in [0.1, 0.15) is 13.3 Å².